The van der Waals surface area contributed by atoms with Crippen LogP contribution in [0.4, 0.5) is 20.4 Å². The third-order valence-electron chi connectivity index (χ3n) is 4.97. The highest BCUT2D eigenvalue weighted by Gasteiger charge is 2.31. The number of nitrogen functional groups attached to an aromatic ring is 2. The summed E-state index contributed by atoms with van der Waals surface area (Å²) < 4.78 is 40.8. The molecule has 14 heteroatoms. The zero-order valence-corrected chi connectivity index (χ0v) is 19.1. The third kappa shape index (κ3) is 4.19. The highest BCUT2D eigenvalue weighted by Crippen LogP contribution is 2.30. The molecule has 4 aromatic heterocycles. The first-order chi connectivity index (χ1) is 17.3. The van der Waals surface area contributed by atoms with Crippen LogP contribution in [0.25, 0.3) is 11.6 Å². The SMILES string of the molecule is CCOC(=O)c1c(OC(=O)c2c(CC)nn(-c3ncccc3F)c2N)nn(-c2ncccc2F)c1N. The zero-order valence-electron chi connectivity index (χ0n) is 19.1. The molecule has 0 atom stereocenters. The van der Waals surface area contributed by atoms with Gasteiger partial charge in [-0.2, -0.15) is 14.5 Å². The van der Waals surface area contributed by atoms with E-state index in [9.17, 15) is 18.4 Å². The maximum absolute atomic E-state index is 14.4. The number of halogens is 2. The molecule has 4 aromatic rings. The monoisotopic (exact) mass is 498 g/mol. The minimum atomic E-state index is -1.07. The number of hydrogen-bond acceptors (Lipinski definition) is 10. The van der Waals surface area contributed by atoms with Crippen molar-refractivity contribution in [2.45, 2.75) is 20.3 Å². The van der Waals surface area contributed by atoms with E-state index in [2.05, 4.69) is 20.2 Å². The number of aromatic nitrogens is 6. The van der Waals surface area contributed by atoms with E-state index in [4.69, 9.17) is 20.9 Å². The Morgan fingerprint density at radius 2 is 1.44 bits per heavy atom. The standard InChI is InChI=1S/C22H20F2N8O4/c1-3-13-14(16(25)31(29-13)18-11(23)7-5-9-27-18)22(34)36-20-15(21(33)35-4-2)17(26)32(30-20)19-12(24)8-6-10-28-19/h5-10H,3-4,25-26H2,1-2H3. The molecule has 36 heavy (non-hydrogen) atoms. The second kappa shape index (κ2) is 9.77. The number of nitrogens with zero attached hydrogens (tertiary/aromatic N) is 6. The molecule has 186 valence electrons. The van der Waals surface area contributed by atoms with Crippen molar-refractivity contribution in [1.82, 2.24) is 29.5 Å². The summed E-state index contributed by atoms with van der Waals surface area (Å²) in [4.78, 5) is 33.6. The van der Waals surface area contributed by atoms with Crippen molar-refractivity contribution in [2.75, 3.05) is 18.1 Å². The summed E-state index contributed by atoms with van der Waals surface area (Å²) in [5.74, 6) is -5.30. The van der Waals surface area contributed by atoms with E-state index >= 15 is 0 Å². The number of aryl methyl sites for hydroxylation is 1. The molecule has 0 aliphatic rings. The lowest BCUT2D eigenvalue weighted by Gasteiger charge is -2.06. The molecule has 4 N–H and O–H groups in total. The lowest BCUT2D eigenvalue weighted by atomic mass is 10.2. The van der Waals surface area contributed by atoms with Crippen LogP contribution in [0.1, 0.15) is 40.3 Å². The van der Waals surface area contributed by atoms with Crippen LogP contribution in [0, 0.1) is 11.6 Å². The van der Waals surface area contributed by atoms with Crippen molar-refractivity contribution < 1.29 is 27.8 Å². The fourth-order valence-electron chi connectivity index (χ4n) is 3.35. The van der Waals surface area contributed by atoms with Crippen molar-refractivity contribution in [1.29, 1.82) is 0 Å². The van der Waals surface area contributed by atoms with Crippen LogP contribution in [0.3, 0.4) is 0 Å². The lowest BCUT2D eigenvalue weighted by molar-refractivity contribution is 0.0521. The summed E-state index contributed by atoms with van der Waals surface area (Å²) >= 11 is 0. The van der Waals surface area contributed by atoms with Crippen molar-refractivity contribution in [3.8, 4) is 17.5 Å². The number of esters is 2. The first-order valence-electron chi connectivity index (χ1n) is 10.6. The van der Waals surface area contributed by atoms with Gasteiger partial charge in [0.2, 0.25) is 0 Å². The Morgan fingerprint density at radius 3 is 1.97 bits per heavy atom. The van der Waals surface area contributed by atoms with Gasteiger partial charge < -0.3 is 20.9 Å². The molecule has 0 radical (unpaired) electrons. The second-order valence-electron chi connectivity index (χ2n) is 7.18. The molecule has 0 fully saturated rings. The molecule has 0 saturated heterocycles. The molecule has 12 nitrogen and oxygen atoms in total. The molecule has 0 bridgehead atoms. The minimum absolute atomic E-state index is 0.0237. The summed E-state index contributed by atoms with van der Waals surface area (Å²) in [5, 5.41) is 8.16. The Kier molecular flexibility index (Phi) is 6.58. The Bertz CT molecular complexity index is 1470. The van der Waals surface area contributed by atoms with E-state index in [1.54, 1.807) is 13.8 Å². The molecule has 0 aliphatic heterocycles. The maximum atomic E-state index is 14.4. The van der Waals surface area contributed by atoms with Gasteiger partial charge >= 0.3 is 11.9 Å². The fourth-order valence-corrected chi connectivity index (χ4v) is 3.35. The highest BCUT2D eigenvalue weighted by atomic mass is 19.1. The Hall–Kier alpha value is -4.88. The average molecular weight is 498 g/mol. The number of nitrogens with two attached hydrogens (primary N) is 2. The smallest absolute Gasteiger partial charge is 0.350 e. The minimum Gasteiger partial charge on any atom is -0.462 e. The molecule has 0 spiro atoms. The van der Waals surface area contributed by atoms with Crippen molar-refractivity contribution >= 4 is 23.6 Å². The average Bonchev–Trinajstić information content (AvgIpc) is 3.36. The normalized spacial score (nSPS) is 10.9. The van der Waals surface area contributed by atoms with Crippen LogP contribution in [-0.4, -0.2) is 48.1 Å². The van der Waals surface area contributed by atoms with Crippen LogP contribution in [-0.2, 0) is 11.2 Å². The molecule has 0 aromatic carbocycles. The quantitative estimate of drug-likeness (QED) is 0.361. The highest BCUT2D eigenvalue weighted by molar-refractivity contribution is 6.01. The topological polar surface area (TPSA) is 166 Å². The van der Waals surface area contributed by atoms with Gasteiger partial charge in [0.25, 0.3) is 5.88 Å². The predicted molar refractivity (Wildman–Crippen MR) is 122 cm³/mol. The van der Waals surface area contributed by atoms with Gasteiger partial charge in [0, 0.05) is 12.4 Å². The summed E-state index contributed by atoms with van der Waals surface area (Å²) in [6.07, 6.45) is 2.84. The first kappa shape index (κ1) is 24.3. The van der Waals surface area contributed by atoms with E-state index in [0.717, 1.165) is 21.5 Å². The van der Waals surface area contributed by atoms with E-state index < -0.39 is 35.0 Å². The number of anilines is 2. The molecule has 4 heterocycles. The number of carbonyl (C=O) groups excluding carboxylic acids is 2. The van der Waals surface area contributed by atoms with Gasteiger partial charge in [0.15, 0.2) is 28.8 Å². The molecule has 0 aliphatic carbocycles. The fraction of sp³-hybridized carbons (Fsp3) is 0.182. The van der Waals surface area contributed by atoms with Gasteiger partial charge in [0.1, 0.15) is 17.2 Å². The van der Waals surface area contributed by atoms with Crippen molar-refractivity contribution in [3.63, 3.8) is 0 Å². The number of pyridine rings is 2. The molecule has 4 rings (SSSR count). The summed E-state index contributed by atoms with van der Waals surface area (Å²) in [6, 6.07) is 5.00. The molecular formula is C22H20F2N8O4. The Labute approximate surface area is 202 Å². The van der Waals surface area contributed by atoms with Gasteiger partial charge in [0.05, 0.1) is 12.3 Å². The molecular weight excluding hydrogens is 478 g/mol. The molecule has 0 saturated carbocycles. The van der Waals surface area contributed by atoms with E-state index in [-0.39, 0.29) is 47.6 Å². The van der Waals surface area contributed by atoms with Crippen LogP contribution in [0.15, 0.2) is 36.7 Å². The molecule has 0 amide bonds. The van der Waals surface area contributed by atoms with Crippen LogP contribution in [0.2, 0.25) is 0 Å². The Balaban J connectivity index is 1.80. The van der Waals surface area contributed by atoms with Gasteiger partial charge in [-0.25, -0.2) is 28.3 Å². The van der Waals surface area contributed by atoms with Gasteiger partial charge in [-0.3, -0.25) is 0 Å². The van der Waals surface area contributed by atoms with Crippen LogP contribution < -0.4 is 16.2 Å². The van der Waals surface area contributed by atoms with E-state index in [0.29, 0.717) is 0 Å². The predicted octanol–water partition coefficient (Wildman–Crippen LogP) is 2.25. The van der Waals surface area contributed by atoms with E-state index in [1.165, 1.54) is 24.5 Å². The van der Waals surface area contributed by atoms with Crippen LogP contribution in [0.5, 0.6) is 5.88 Å². The van der Waals surface area contributed by atoms with Crippen molar-refractivity contribution in [2.24, 2.45) is 0 Å². The van der Waals surface area contributed by atoms with Gasteiger partial charge in [-0.15, -0.1) is 5.10 Å². The first-order valence-corrected chi connectivity index (χ1v) is 10.6. The number of carbonyl (C=O) groups is 2. The van der Waals surface area contributed by atoms with Gasteiger partial charge in [-0.1, -0.05) is 6.92 Å². The summed E-state index contributed by atoms with van der Waals surface area (Å²) in [7, 11) is 0. The van der Waals surface area contributed by atoms with Crippen LogP contribution >= 0.6 is 0 Å². The van der Waals surface area contributed by atoms with Gasteiger partial charge in [-0.05, 0) is 37.6 Å². The van der Waals surface area contributed by atoms with Crippen molar-refractivity contribution in [3.05, 3.63) is 65.1 Å². The maximum Gasteiger partial charge on any atom is 0.350 e. The number of rotatable bonds is 7. The zero-order chi connectivity index (χ0) is 26.0. The number of hydrogen-bond donors (Lipinski definition) is 2. The lowest BCUT2D eigenvalue weighted by Crippen LogP contribution is -2.16. The second-order valence-corrected chi connectivity index (χ2v) is 7.18. The van der Waals surface area contributed by atoms with E-state index in [1.807, 2.05) is 0 Å². The third-order valence-corrected chi connectivity index (χ3v) is 4.97. The summed E-state index contributed by atoms with van der Waals surface area (Å²) in [6.45, 7) is 3.23. The molecule has 0 unspecified atom stereocenters. The Morgan fingerprint density at radius 1 is 0.889 bits per heavy atom. The number of ether oxygens (including phenoxy) is 2. The largest absolute Gasteiger partial charge is 0.462 e. The summed E-state index contributed by atoms with van der Waals surface area (Å²) in [5.41, 5.74) is 11.7.